The smallest absolute Gasteiger partial charge is 0.192 e. The maximum absolute atomic E-state index is 12.5. The van der Waals surface area contributed by atoms with Gasteiger partial charge in [-0.05, 0) is 98.4 Å². The summed E-state index contributed by atoms with van der Waals surface area (Å²) in [5.74, 6) is 3.64. The normalized spacial score (nSPS) is 33.1. The fourth-order valence-corrected chi connectivity index (χ4v) is 12.5. The average Bonchev–Trinajstić information content (AvgIpc) is 3.52. The number of fused-ring (bicyclic) bond motifs is 1. The van der Waals surface area contributed by atoms with Gasteiger partial charge >= 0.3 is 0 Å². The molecule has 0 unspecified atom stereocenters. The summed E-state index contributed by atoms with van der Waals surface area (Å²) in [4.78, 5) is 0. The number of rotatable bonds is 16. The molecule has 5 aliphatic rings. The van der Waals surface area contributed by atoms with Crippen molar-refractivity contribution in [2.24, 2.45) is 29.1 Å². The largest absolute Gasteiger partial charge is 0.416 e. The van der Waals surface area contributed by atoms with Gasteiger partial charge in [-0.1, -0.05) is 64.5 Å². The number of ether oxygens (including phenoxy) is 2. The number of methoxy groups -OCH3 is 1. The predicted octanol–water partition coefficient (Wildman–Crippen LogP) is 9.23. The highest BCUT2D eigenvalue weighted by atomic mass is 32.2. The van der Waals surface area contributed by atoms with Crippen molar-refractivity contribution in [3.8, 4) is 0 Å². The van der Waals surface area contributed by atoms with Crippen molar-refractivity contribution in [2.75, 3.05) is 38.6 Å². The molecule has 4 bridgehead atoms. The van der Waals surface area contributed by atoms with Crippen molar-refractivity contribution in [3.63, 3.8) is 0 Å². The summed E-state index contributed by atoms with van der Waals surface area (Å²) in [5, 5.41) is 12.6. The molecule has 0 aromatic rings. The van der Waals surface area contributed by atoms with E-state index in [-0.39, 0.29) is 26.4 Å². The van der Waals surface area contributed by atoms with Crippen LogP contribution in [0.15, 0.2) is 36.0 Å². The fraction of sp³-hybridized carbons (Fsp3) is 0.829. The summed E-state index contributed by atoms with van der Waals surface area (Å²) in [6.07, 6.45) is 11.6. The van der Waals surface area contributed by atoms with Crippen LogP contribution in [-0.4, -0.2) is 61.7 Å². The van der Waals surface area contributed by atoms with E-state index in [0.717, 1.165) is 31.3 Å². The van der Waals surface area contributed by atoms with Crippen molar-refractivity contribution in [1.82, 2.24) is 0 Å². The molecule has 4 aliphatic carbocycles. The minimum atomic E-state index is -1.93. The first-order valence-electron chi connectivity index (χ1n) is 16.4. The first kappa shape index (κ1) is 34.8. The molecule has 4 nitrogen and oxygen atoms in total. The van der Waals surface area contributed by atoms with E-state index in [4.69, 9.17) is 20.5 Å². The van der Waals surface area contributed by atoms with E-state index in [1.807, 2.05) is 0 Å². The van der Waals surface area contributed by atoms with E-state index < -0.39 is 13.9 Å². The lowest BCUT2D eigenvalue weighted by molar-refractivity contribution is -0.0299. The summed E-state index contributed by atoms with van der Waals surface area (Å²) >= 11 is 4.36. The number of hydrogen-bond acceptors (Lipinski definition) is 6. The van der Waals surface area contributed by atoms with E-state index in [2.05, 4.69) is 83.9 Å². The minimum Gasteiger partial charge on any atom is -0.416 e. The van der Waals surface area contributed by atoms with Gasteiger partial charge in [0.25, 0.3) is 0 Å². The molecule has 5 rings (SSSR count). The fourth-order valence-electron chi connectivity index (χ4n) is 8.01. The summed E-state index contributed by atoms with van der Waals surface area (Å²) < 4.78 is 17.7. The van der Waals surface area contributed by atoms with Crippen LogP contribution in [0.25, 0.3) is 0 Å². The van der Waals surface area contributed by atoms with Crippen molar-refractivity contribution in [1.29, 1.82) is 0 Å². The molecular weight excluding hydrogens is 577 g/mol. The zero-order valence-electron chi connectivity index (χ0n) is 28.0. The highest BCUT2D eigenvalue weighted by molar-refractivity contribution is 8.18. The third-order valence-electron chi connectivity index (χ3n) is 11.6. The van der Waals surface area contributed by atoms with Crippen LogP contribution < -0.4 is 0 Å². The minimum absolute atomic E-state index is 0.158. The second kappa shape index (κ2) is 13.4. The van der Waals surface area contributed by atoms with Crippen LogP contribution in [-0.2, 0) is 13.9 Å². The molecule has 1 heterocycles. The third-order valence-corrected chi connectivity index (χ3v) is 19.7. The molecule has 42 heavy (non-hydrogen) atoms. The van der Waals surface area contributed by atoms with Gasteiger partial charge in [0, 0.05) is 31.5 Å². The van der Waals surface area contributed by atoms with Crippen LogP contribution in [0.2, 0.25) is 18.1 Å². The van der Waals surface area contributed by atoms with Gasteiger partial charge in [0.15, 0.2) is 8.32 Å². The molecule has 1 aliphatic heterocycles. The van der Waals surface area contributed by atoms with E-state index in [9.17, 15) is 5.11 Å². The predicted molar refractivity (Wildman–Crippen MR) is 185 cm³/mol. The molecule has 1 saturated heterocycles. The van der Waals surface area contributed by atoms with E-state index in [0.29, 0.717) is 31.8 Å². The number of aliphatic hydroxyl groups is 1. The van der Waals surface area contributed by atoms with Crippen LogP contribution in [0, 0.1) is 29.1 Å². The second-order valence-electron chi connectivity index (χ2n) is 15.4. The molecular formula is C35H60O4S2Si. The molecule has 0 amide bonds. The van der Waals surface area contributed by atoms with Crippen LogP contribution in [0.3, 0.4) is 0 Å². The lowest BCUT2D eigenvalue weighted by Crippen LogP contribution is -2.49. The van der Waals surface area contributed by atoms with Gasteiger partial charge in [-0.2, -0.15) is 0 Å². The Labute approximate surface area is 267 Å². The van der Waals surface area contributed by atoms with E-state index in [1.54, 1.807) is 7.11 Å². The Hall–Kier alpha value is -0.0231. The zero-order chi connectivity index (χ0) is 31.0. The van der Waals surface area contributed by atoms with Gasteiger partial charge in [-0.3, -0.25) is 0 Å². The summed E-state index contributed by atoms with van der Waals surface area (Å²) in [5.41, 5.74) is 3.03. The molecule has 0 spiro atoms. The lowest BCUT2D eigenvalue weighted by atomic mass is 9.63. The molecule has 0 aromatic heterocycles. The first-order valence-corrected chi connectivity index (χ1v) is 21.3. The van der Waals surface area contributed by atoms with Crippen LogP contribution >= 0.6 is 23.5 Å². The topological polar surface area (TPSA) is 47.9 Å². The maximum atomic E-state index is 12.5. The summed E-state index contributed by atoms with van der Waals surface area (Å²) in [6.45, 7) is 27.1. The molecule has 0 radical (unpaired) electrons. The quantitative estimate of drug-likeness (QED) is 0.0789. The molecule has 5 fully saturated rings. The number of thioether (sulfide) groups is 2. The van der Waals surface area contributed by atoms with E-state index in [1.165, 1.54) is 48.3 Å². The monoisotopic (exact) mass is 636 g/mol. The van der Waals surface area contributed by atoms with Crippen molar-refractivity contribution in [3.05, 3.63) is 36.0 Å². The van der Waals surface area contributed by atoms with Crippen LogP contribution in [0.5, 0.6) is 0 Å². The van der Waals surface area contributed by atoms with Crippen molar-refractivity contribution >= 4 is 31.8 Å². The lowest BCUT2D eigenvalue weighted by Gasteiger charge is -2.46. The summed E-state index contributed by atoms with van der Waals surface area (Å²) in [6, 6.07) is 0. The Morgan fingerprint density at radius 2 is 1.90 bits per heavy atom. The third kappa shape index (κ3) is 6.88. The molecule has 0 aromatic carbocycles. The van der Waals surface area contributed by atoms with Crippen molar-refractivity contribution < 1.29 is 19.0 Å². The molecule has 4 saturated carbocycles. The number of hydrogen-bond donors (Lipinski definition) is 1. The van der Waals surface area contributed by atoms with Gasteiger partial charge in [0.05, 0.1) is 16.3 Å². The van der Waals surface area contributed by atoms with E-state index >= 15 is 0 Å². The Kier molecular flexibility index (Phi) is 11.1. The molecule has 1 N–H and O–H groups in total. The van der Waals surface area contributed by atoms with Gasteiger partial charge in [0.1, 0.15) is 6.79 Å². The summed E-state index contributed by atoms with van der Waals surface area (Å²) in [7, 11) is -0.265. The molecule has 240 valence electrons. The van der Waals surface area contributed by atoms with Crippen LogP contribution in [0.1, 0.15) is 86.0 Å². The Morgan fingerprint density at radius 3 is 2.50 bits per heavy atom. The Balaban J connectivity index is 1.45. The zero-order valence-corrected chi connectivity index (χ0v) is 30.6. The molecule has 7 heteroatoms. The standard InChI is InChI=1S/C35H60O4S2Si/c1-25(22-38-24-37-8)14-11-17-34(40-20-13-21-41-34)18-12-15-28(23-39-42(9,10)32(4,5)6)27(3)35(36)29-16-19-33(7)30(26(29)2)31(33)35/h14,28-31,36H,2-3,11-13,15-24H2,1,4-10H3/b25-14+/t28-,29+,30-,31-,33-,35+/m0/s1. The van der Waals surface area contributed by atoms with Gasteiger partial charge in [-0.15, -0.1) is 23.5 Å². The Bertz CT molecular complexity index is 1010. The Morgan fingerprint density at radius 1 is 1.21 bits per heavy atom. The highest BCUT2D eigenvalue weighted by Gasteiger charge is 2.80. The SMILES string of the molecule is C=C1[C@H]2CC[C@@]3(C)[C@@H]1[C@@H]3[C@@]2(O)C(=C)[C@@H](CCCC1(CC/C=C(\C)COCOC)SCCCS1)CO[Si](C)(C)C(C)(C)C. The second-order valence-corrected chi connectivity index (χ2v) is 23.5. The van der Waals surface area contributed by atoms with Gasteiger partial charge in [-0.25, -0.2) is 0 Å². The van der Waals surface area contributed by atoms with Gasteiger partial charge in [0.2, 0.25) is 0 Å². The van der Waals surface area contributed by atoms with Gasteiger partial charge < -0.3 is 19.0 Å². The molecule has 6 atom stereocenters. The van der Waals surface area contributed by atoms with Crippen molar-refractivity contribution in [2.45, 2.75) is 114 Å². The van der Waals surface area contributed by atoms with Crippen LogP contribution in [0.4, 0.5) is 0 Å². The maximum Gasteiger partial charge on any atom is 0.192 e. The average molecular weight is 637 g/mol. The first-order chi connectivity index (χ1) is 19.6. The number of allylic oxidation sites excluding steroid dienone is 1. The highest BCUT2D eigenvalue weighted by Crippen LogP contribution is 2.81.